The van der Waals surface area contributed by atoms with Crippen molar-refractivity contribution in [1.82, 2.24) is 5.32 Å². The molecule has 2 saturated heterocycles. The average molecular weight is 215 g/mol. The first-order chi connectivity index (χ1) is 7.45. The maximum absolute atomic E-state index is 5.58. The molecule has 0 spiro atoms. The van der Waals surface area contributed by atoms with E-state index in [1.54, 1.807) is 0 Å². The van der Waals surface area contributed by atoms with Crippen molar-refractivity contribution in [3.8, 4) is 0 Å². The van der Waals surface area contributed by atoms with E-state index in [1.807, 2.05) is 0 Å². The Bertz CT molecular complexity index is 163. The quantitative estimate of drug-likeness (QED) is 0.747. The minimum atomic E-state index is 0.239. The molecular formula is C11H21NO3. The molecule has 4 nitrogen and oxygen atoms in total. The summed E-state index contributed by atoms with van der Waals surface area (Å²) in [6.45, 7) is 4.93. The molecule has 2 heterocycles. The van der Waals surface area contributed by atoms with Gasteiger partial charge in [0, 0.05) is 25.8 Å². The topological polar surface area (TPSA) is 39.7 Å². The van der Waals surface area contributed by atoms with E-state index in [-0.39, 0.29) is 6.10 Å². The molecule has 88 valence electrons. The van der Waals surface area contributed by atoms with Gasteiger partial charge in [-0.25, -0.2) is 0 Å². The zero-order valence-corrected chi connectivity index (χ0v) is 9.24. The standard InChI is InChI=1S/C11H21NO3/c1-2-10(3-5-13-4-1)12-8-11-9-14-6-7-15-11/h10-12H,1-9H2. The van der Waals surface area contributed by atoms with Crippen molar-refractivity contribution in [2.24, 2.45) is 0 Å². The third-order valence-corrected chi connectivity index (χ3v) is 2.97. The zero-order valence-electron chi connectivity index (χ0n) is 9.24. The lowest BCUT2D eigenvalue weighted by atomic mass is 10.1. The van der Waals surface area contributed by atoms with Crippen LogP contribution in [0.25, 0.3) is 0 Å². The van der Waals surface area contributed by atoms with Crippen LogP contribution < -0.4 is 5.32 Å². The Morgan fingerprint density at radius 3 is 2.87 bits per heavy atom. The average Bonchev–Trinajstić information content (AvgIpc) is 2.56. The van der Waals surface area contributed by atoms with Crippen molar-refractivity contribution < 1.29 is 14.2 Å². The molecule has 0 amide bonds. The second kappa shape index (κ2) is 6.43. The normalized spacial score (nSPS) is 33.6. The van der Waals surface area contributed by atoms with E-state index in [0.29, 0.717) is 6.04 Å². The molecule has 2 atom stereocenters. The van der Waals surface area contributed by atoms with Crippen molar-refractivity contribution in [2.75, 3.05) is 39.6 Å². The molecule has 0 bridgehead atoms. The summed E-state index contributed by atoms with van der Waals surface area (Å²) in [6.07, 6.45) is 3.74. The summed E-state index contributed by atoms with van der Waals surface area (Å²) in [5.41, 5.74) is 0. The summed E-state index contributed by atoms with van der Waals surface area (Å²) < 4.78 is 16.4. The molecule has 0 aromatic carbocycles. The highest BCUT2D eigenvalue weighted by molar-refractivity contribution is 4.73. The summed E-state index contributed by atoms with van der Waals surface area (Å²) >= 11 is 0. The Balaban J connectivity index is 1.62. The predicted octanol–water partition coefficient (Wildman–Crippen LogP) is 0.560. The van der Waals surface area contributed by atoms with Crippen LogP contribution in [0, 0.1) is 0 Å². The third kappa shape index (κ3) is 4.07. The van der Waals surface area contributed by atoms with Crippen LogP contribution >= 0.6 is 0 Å². The van der Waals surface area contributed by atoms with Gasteiger partial charge in [-0.05, 0) is 19.3 Å². The second-order valence-electron chi connectivity index (χ2n) is 4.22. The predicted molar refractivity (Wildman–Crippen MR) is 57.0 cm³/mol. The fourth-order valence-electron chi connectivity index (χ4n) is 2.06. The lowest BCUT2D eigenvalue weighted by Crippen LogP contribution is -2.41. The minimum Gasteiger partial charge on any atom is -0.381 e. The molecular weight excluding hydrogens is 194 g/mol. The van der Waals surface area contributed by atoms with Gasteiger partial charge in [0.25, 0.3) is 0 Å². The Hall–Kier alpha value is -0.160. The number of hydrogen-bond donors (Lipinski definition) is 1. The monoisotopic (exact) mass is 215 g/mol. The Morgan fingerprint density at radius 1 is 1.00 bits per heavy atom. The summed E-state index contributed by atoms with van der Waals surface area (Å²) in [6, 6.07) is 0.595. The van der Waals surface area contributed by atoms with E-state index in [2.05, 4.69) is 5.32 Å². The molecule has 0 radical (unpaired) electrons. The maximum Gasteiger partial charge on any atom is 0.0933 e. The van der Waals surface area contributed by atoms with Crippen LogP contribution in [0.15, 0.2) is 0 Å². The lowest BCUT2D eigenvalue weighted by molar-refractivity contribution is -0.0871. The Kier molecular flexibility index (Phi) is 4.86. The Labute approximate surface area is 91.3 Å². The van der Waals surface area contributed by atoms with Crippen LogP contribution in [0.1, 0.15) is 19.3 Å². The van der Waals surface area contributed by atoms with Crippen LogP contribution in [-0.2, 0) is 14.2 Å². The Morgan fingerprint density at radius 2 is 2.00 bits per heavy atom. The second-order valence-corrected chi connectivity index (χ2v) is 4.22. The number of rotatable bonds is 3. The van der Waals surface area contributed by atoms with Crippen LogP contribution in [-0.4, -0.2) is 51.7 Å². The van der Waals surface area contributed by atoms with Gasteiger partial charge in [-0.3, -0.25) is 0 Å². The van der Waals surface area contributed by atoms with Gasteiger partial charge in [0.05, 0.1) is 25.9 Å². The zero-order chi connectivity index (χ0) is 10.3. The first kappa shape index (κ1) is 11.3. The first-order valence-electron chi connectivity index (χ1n) is 5.95. The maximum atomic E-state index is 5.58. The summed E-state index contributed by atoms with van der Waals surface area (Å²) in [4.78, 5) is 0. The summed E-state index contributed by atoms with van der Waals surface area (Å²) in [5, 5.41) is 3.55. The molecule has 2 unspecified atom stereocenters. The van der Waals surface area contributed by atoms with E-state index >= 15 is 0 Å². The summed E-state index contributed by atoms with van der Waals surface area (Å²) in [7, 11) is 0. The van der Waals surface area contributed by atoms with Crippen molar-refractivity contribution in [3.05, 3.63) is 0 Å². The van der Waals surface area contributed by atoms with Crippen molar-refractivity contribution in [1.29, 1.82) is 0 Å². The molecule has 0 aliphatic carbocycles. The van der Waals surface area contributed by atoms with Gasteiger partial charge in [-0.1, -0.05) is 0 Å². The molecule has 2 aliphatic rings. The van der Waals surface area contributed by atoms with E-state index in [1.165, 1.54) is 12.8 Å². The number of nitrogens with one attached hydrogen (secondary N) is 1. The third-order valence-electron chi connectivity index (χ3n) is 2.97. The first-order valence-corrected chi connectivity index (χ1v) is 5.95. The van der Waals surface area contributed by atoms with Crippen LogP contribution in [0.3, 0.4) is 0 Å². The molecule has 2 aliphatic heterocycles. The molecule has 0 saturated carbocycles. The van der Waals surface area contributed by atoms with Gasteiger partial charge in [0.2, 0.25) is 0 Å². The number of ether oxygens (including phenoxy) is 3. The lowest BCUT2D eigenvalue weighted by Gasteiger charge is -2.25. The molecule has 2 fully saturated rings. The van der Waals surface area contributed by atoms with Gasteiger partial charge in [0.15, 0.2) is 0 Å². The van der Waals surface area contributed by atoms with Gasteiger partial charge in [-0.15, -0.1) is 0 Å². The van der Waals surface area contributed by atoms with E-state index in [9.17, 15) is 0 Å². The highest BCUT2D eigenvalue weighted by Gasteiger charge is 2.17. The molecule has 15 heavy (non-hydrogen) atoms. The van der Waals surface area contributed by atoms with E-state index < -0.39 is 0 Å². The molecule has 0 aromatic rings. The fraction of sp³-hybridized carbons (Fsp3) is 1.00. The van der Waals surface area contributed by atoms with Crippen molar-refractivity contribution >= 4 is 0 Å². The van der Waals surface area contributed by atoms with Gasteiger partial charge < -0.3 is 19.5 Å². The minimum absolute atomic E-state index is 0.239. The van der Waals surface area contributed by atoms with Crippen LogP contribution in [0.4, 0.5) is 0 Å². The van der Waals surface area contributed by atoms with Crippen LogP contribution in [0.2, 0.25) is 0 Å². The highest BCUT2D eigenvalue weighted by Crippen LogP contribution is 2.08. The van der Waals surface area contributed by atoms with E-state index in [0.717, 1.165) is 46.0 Å². The van der Waals surface area contributed by atoms with Gasteiger partial charge in [-0.2, -0.15) is 0 Å². The van der Waals surface area contributed by atoms with E-state index in [4.69, 9.17) is 14.2 Å². The molecule has 1 N–H and O–H groups in total. The highest BCUT2D eigenvalue weighted by atomic mass is 16.6. The van der Waals surface area contributed by atoms with Crippen molar-refractivity contribution in [2.45, 2.75) is 31.4 Å². The SMILES string of the molecule is C1COCCC(NCC2COCCO2)C1. The molecule has 0 aromatic heterocycles. The fourth-order valence-corrected chi connectivity index (χ4v) is 2.06. The smallest absolute Gasteiger partial charge is 0.0933 e. The van der Waals surface area contributed by atoms with Crippen molar-refractivity contribution in [3.63, 3.8) is 0 Å². The molecule has 4 heteroatoms. The van der Waals surface area contributed by atoms with Crippen LogP contribution in [0.5, 0.6) is 0 Å². The van der Waals surface area contributed by atoms with Gasteiger partial charge >= 0.3 is 0 Å². The summed E-state index contributed by atoms with van der Waals surface area (Å²) in [5.74, 6) is 0. The molecule has 2 rings (SSSR count). The number of hydrogen-bond acceptors (Lipinski definition) is 4. The largest absolute Gasteiger partial charge is 0.381 e. The van der Waals surface area contributed by atoms with Gasteiger partial charge in [0.1, 0.15) is 0 Å².